The molecule has 2 heterocycles. The highest BCUT2D eigenvalue weighted by Crippen LogP contribution is 2.22. The van der Waals surface area contributed by atoms with Crippen molar-refractivity contribution in [1.29, 1.82) is 0 Å². The van der Waals surface area contributed by atoms with Gasteiger partial charge < -0.3 is 9.88 Å². The molecule has 0 amide bonds. The van der Waals surface area contributed by atoms with Crippen molar-refractivity contribution in [2.75, 3.05) is 0 Å². The predicted molar refractivity (Wildman–Crippen MR) is 102 cm³/mol. The van der Waals surface area contributed by atoms with Crippen LogP contribution in [0.2, 0.25) is 0 Å². The summed E-state index contributed by atoms with van der Waals surface area (Å²) in [5.74, 6) is 0. The number of hydrogen-bond acceptors (Lipinski definition) is 2. The highest BCUT2D eigenvalue weighted by Gasteiger charge is 2.08. The molecule has 3 heteroatoms. The van der Waals surface area contributed by atoms with Crippen molar-refractivity contribution in [3.63, 3.8) is 0 Å². The van der Waals surface area contributed by atoms with E-state index in [9.17, 15) is 0 Å². The van der Waals surface area contributed by atoms with Crippen molar-refractivity contribution in [3.8, 4) is 0 Å². The Morgan fingerprint density at radius 3 is 2.44 bits per heavy atom. The Morgan fingerprint density at radius 2 is 1.60 bits per heavy atom. The summed E-state index contributed by atoms with van der Waals surface area (Å²) in [5.41, 5.74) is 4.98. The molecular weight excluding hydrogens is 306 g/mol. The molecule has 0 radical (unpaired) electrons. The molecule has 1 N–H and O–H groups in total. The monoisotopic (exact) mass is 327 g/mol. The minimum atomic E-state index is 0.777. The van der Waals surface area contributed by atoms with Crippen LogP contribution in [0.15, 0.2) is 85.2 Å². The quantitative estimate of drug-likeness (QED) is 0.570. The molecule has 0 bridgehead atoms. The minimum absolute atomic E-state index is 0.777. The van der Waals surface area contributed by atoms with Gasteiger partial charge in [0, 0.05) is 42.9 Å². The van der Waals surface area contributed by atoms with E-state index in [-0.39, 0.29) is 0 Å². The van der Waals surface area contributed by atoms with E-state index in [1.165, 1.54) is 22.0 Å². The normalized spacial score (nSPS) is 11.0. The van der Waals surface area contributed by atoms with Gasteiger partial charge in [0.25, 0.3) is 0 Å². The molecule has 0 fully saturated rings. The molecule has 0 aliphatic rings. The van der Waals surface area contributed by atoms with E-state index < -0.39 is 0 Å². The van der Waals surface area contributed by atoms with Crippen molar-refractivity contribution in [1.82, 2.24) is 14.9 Å². The van der Waals surface area contributed by atoms with E-state index in [2.05, 4.69) is 75.7 Å². The first kappa shape index (κ1) is 15.6. The van der Waals surface area contributed by atoms with Crippen molar-refractivity contribution in [2.45, 2.75) is 19.6 Å². The molecule has 0 saturated heterocycles. The average Bonchev–Trinajstić information content (AvgIpc) is 3.01. The first-order valence-corrected chi connectivity index (χ1v) is 8.61. The maximum absolute atomic E-state index is 4.37. The van der Waals surface area contributed by atoms with Gasteiger partial charge in [0.2, 0.25) is 0 Å². The van der Waals surface area contributed by atoms with Gasteiger partial charge in [-0.05, 0) is 29.3 Å². The SMILES string of the molecule is c1ccc(Cn2cc(CNCc3ccccn3)c3ccccc32)cc1. The third-order valence-electron chi connectivity index (χ3n) is 4.41. The van der Waals surface area contributed by atoms with Crippen LogP contribution < -0.4 is 5.32 Å². The molecule has 4 aromatic rings. The number of hydrogen-bond donors (Lipinski definition) is 1. The summed E-state index contributed by atoms with van der Waals surface area (Å²) in [6.07, 6.45) is 4.10. The van der Waals surface area contributed by atoms with Crippen LogP contribution >= 0.6 is 0 Å². The fourth-order valence-electron chi connectivity index (χ4n) is 3.20. The highest BCUT2D eigenvalue weighted by atomic mass is 15.0. The summed E-state index contributed by atoms with van der Waals surface area (Å²) in [6.45, 7) is 2.50. The zero-order valence-corrected chi connectivity index (χ0v) is 14.1. The average molecular weight is 327 g/mol. The Balaban J connectivity index is 1.54. The number of nitrogens with zero attached hydrogens (tertiary/aromatic N) is 2. The molecule has 0 spiro atoms. The number of nitrogens with one attached hydrogen (secondary N) is 1. The lowest BCUT2D eigenvalue weighted by molar-refractivity contribution is 0.679. The third kappa shape index (κ3) is 3.62. The maximum atomic E-state index is 4.37. The van der Waals surface area contributed by atoms with Crippen LogP contribution in [0, 0.1) is 0 Å². The van der Waals surface area contributed by atoms with Gasteiger partial charge in [0.1, 0.15) is 0 Å². The van der Waals surface area contributed by atoms with Crippen molar-refractivity contribution < 1.29 is 0 Å². The van der Waals surface area contributed by atoms with Crippen LogP contribution in [0.5, 0.6) is 0 Å². The number of rotatable bonds is 6. The topological polar surface area (TPSA) is 29.9 Å². The van der Waals surface area contributed by atoms with E-state index in [0.717, 1.165) is 25.3 Å². The Labute approximate surface area is 148 Å². The minimum Gasteiger partial charge on any atom is -0.343 e. The van der Waals surface area contributed by atoms with Gasteiger partial charge in [0.05, 0.1) is 5.69 Å². The van der Waals surface area contributed by atoms with Gasteiger partial charge in [-0.25, -0.2) is 0 Å². The van der Waals surface area contributed by atoms with Gasteiger partial charge in [-0.1, -0.05) is 54.6 Å². The Morgan fingerprint density at radius 1 is 0.800 bits per heavy atom. The molecule has 2 aromatic heterocycles. The van der Waals surface area contributed by atoms with Crippen LogP contribution in [0.4, 0.5) is 0 Å². The van der Waals surface area contributed by atoms with Crippen LogP contribution in [-0.2, 0) is 19.6 Å². The third-order valence-corrected chi connectivity index (χ3v) is 4.41. The van der Waals surface area contributed by atoms with E-state index in [1.54, 1.807) is 0 Å². The van der Waals surface area contributed by atoms with Crippen molar-refractivity contribution in [3.05, 3.63) is 102 Å². The van der Waals surface area contributed by atoms with E-state index in [4.69, 9.17) is 0 Å². The van der Waals surface area contributed by atoms with Gasteiger partial charge >= 0.3 is 0 Å². The summed E-state index contributed by atoms with van der Waals surface area (Å²) in [5, 5.41) is 4.82. The second-order valence-corrected chi connectivity index (χ2v) is 6.21. The summed E-state index contributed by atoms with van der Waals surface area (Å²) >= 11 is 0. The number of fused-ring (bicyclic) bond motifs is 1. The largest absolute Gasteiger partial charge is 0.343 e. The Bertz CT molecular complexity index is 943. The predicted octanol–water partition coefficient (Wildman–Crippen LogP) is 4.37. The standard InChI is InChI=1S/C22H21N3/c1-2-8-18(9-3-1)16-25-17-19(21-11-4-5-12-22(21)25)14-23-15-20-10-6-7-13-24-20/h1-13,17,23H,14-16H2. The highest BCUT2D eigenvalue weighted by molar-refractivity contribution is 5.84. The second-order valence-electron chi connectivity index (χ2n) is 6.21. The molecule has 4 rings (SSSR count). The van der Waals surface area contributed by atoms with Gasteiger partial charge in [-0.3, -0.25) is 4.98 Å². The second kappa shape index (κ2) is 7.32. The lowest BCUT2D eigenvalue weighted by Crippen LogP contribution is -2.13. The first-order chi connectivity index (χ1) is 12.4. The Kier molecular flexibility index (Phi) is 4.57. The fraction of sp³-hybridized carbons (Fsp3) is 0.136. The van der Waals surface area contributed by atoms with Crippen LogP contribution in [-0.4, -0.2) is 9.55 Å². The summed E-state index contributed by atoms with van der Waals surface area (Å²) in [6, 6.07) is 25.2. The molecule has 3 nitrogen and oxygen atoms in total. The number of benzene rings is 2. The smallest absolute Gasteiger partial charge is 0.0541 e. The van der Waals surface area contributed by atoms with E-state index in [1.807, 2.05) is 24.4 Å². The molecule has 0 saturated carbocycles. The molecule has 0 unspecified atom stereocenters. The Hall–Kier alpha value is -2.91. The van der Waals surface area contributed by atoms with Crippen molar-refractivity contribution >= 4 is 10.9 Å². The van der Waals surface area contributed by atoms with Gasteiger partial charge in [-0.2, -0.15) is 0 Å². The van der Waals surface area contributed by atoms with E-state index >= 15 is 0 Å². The molecule has 25 heavy (non-hydrogen) atoms. The van der Waals surface area contributed by atoms with Crippen LogP contribution in [0.1, 0.15) is 16.8 Å². The zero-order valence-electron chi connectivity index (χ0n) is 14.1. The number of para-hydroxylation sites is 1. The molecular formula is C22H21N3. The molecule has 2 aromatic carbocycles. The molecule has 0 aliphatic heterocycles. The number of pyridine rings is 1. The first-order valence-electron chi connectivity index (χ1n) is 8.61. The molecule has 0 atom stereocenters. The number of aromatic nitrogens is 2. The summed E-state index contributed by atoms with van der Waals surface area (Å²) in [4.78, 5) is 4.37. The van der Waals surface area contributed by atoms with Crippen LogP contribution in [0.3, 0.4) is 0 Å². The van der Waals surface area contributed by atoms with Crippen LogP contribution in [0.25, 0.3) is 10.9 Å². The van der Waals surface area contributed by atoms with E-state index in [0.29, 0.717) is 0 Å². The summed E-state index contributed by atoms with van der Waals surface area (Å²) < 4.78 is 2.34. The van der Waals surface area contributed by atoms with Crippen molar-refractivity contribution in [2.24, 2.45) is 0 Å². The lowest BCUT2D eigenvalue weighted by atomic mass is 10.2. The molecule has 124 valence electrons. The lowest BCUT2D eigenvalue weighted by Gasteiger charge is -2.05. The summed E-state index contributed by atoms with van der Waals surface area (Å²) in [7, 11) is 0. The van der Waals surface area contributed by atoms with Gasteiger partial charge in [-0.15, -0.1) is 0 Å². The van der Waals surface area contributed by atoms with Gasteiger partial charge in [0.15, 0.2) is 0 Å². The maximum Gasteiger partial charge on any atom is 0.0541 e. The fourth-order valence-corrected chi connectivity index (χ4v) is 3.20. The molecule has 0 aliphatic carbocycles. The zero-order chi connectivity index (χ0) is 16.9.